The Morgan fingerprint density at radius 3 is 0.625 bits per heavy atom. The molecule has 24 heavy (non-hydrogen) atoms. The van der Waals surface area contributed by atoms with E-state index in [1.165, 1.54) is 0 Å². The van der Waals surface area contributed by atoms with Crippen LogP contribution in [0.25, 0.3) is 0 Å². The quantitative estimate of drug-likeness (QED) is 0.386. The highest BCUT2D eigenvalue weighted by Crippen LogP contribution is 2.14. The van der Waals surface area contributed by atoms with Crippen molar-refractivity contribution in [3.63, 3.8) is 0 Å². The molecule has 0 rings (SSSR count). The molecule has 0 bridgehead atoms. The Labute approximate surface area is 142 Å². The summed E-state index contributed by atoms with van der Waals surface area (Å²) in [6, 6.07) is 0. The lowest BCUT2D eigenvalue weighted by Crippen LogP contribution is -2.37. The molecule has 0 amide bonds. The molecule has 0 unspecified atom stereocenters. The predicted octanol–water partition coefficient (Wildman–Crippen LogP) is 6.39. The van der Waals surface area contributed by atoms with Crippen molar-refractivity contribution in [2.24, 2.45) is 5.73 Å². The molecule has 0 aromatic carbocycles. The molecule has 0 atom stereocenters. The summed E-state index contributed by atoms with van der Waals surface area (Å²) in [5.41, 5.74) is 6.02. The fraction of sp³-hybridized carbons (Fsp3) is 1.00. The third-order valence-corrected chi connectivity index (χ3v) is 2.11. The monoisotopic (exact) mass is 456 g/mol. The van der Waals surface area contributed by atoms with Gasteiger partial charge in [-0.15, -0.1) is 17.0 Å². The summed E-state index contributed by atoms with van der Waals surface area (Å²) in [7, 11) is -18.0. The fourth-order valence-electron chi connectivity index (χ4n) is 0.750. The van der Waals surface area contributed by atoms with Crippen LogP contribution in [-0.2, 0) is 0 Å². The highest BCUT2D eigenvalue weighted by molar-refractivity contribution is 8.93. The Kier molecular flexibility index (Phi) is 22.0. The predicted molar refractivity (Wildman–Crippen MR) is 78.7 cm³/mol. The Morgan fingerprint density at radius 1 is 0.542 bits per heavy atom. The molecule has 0 aliphatic heterocycles. The van der Waals surface area contributed by atoms with Crippen LogP contribution in [0, 0.1) is 0 Å². The summed E-state index contributed by atoms with van der Waals surface area (Å²) in [6.45, 7) is 6.44. The Balaban J connectivity index is -0.0000000677. The van der Waals surface area contributed by atoms with E-state index in [9.17, 15) is 51.8 Å². The van der Waals surface area contributed by atoms with Crippen LogP contribution in [0.3, 0.4) is 0 Å². The van der Waals surface area contributed by atoms with Crippen molar-refractivity contribution in [3.8, 4) is 0 Å². The van der Waals surface area contributed by atoms with E-state index in [0.29, 0.717) is 0 Å². The molecule has 0 aliphatic carbocycles. The second-order valence-corrected chi connectivity index (χ2v) is 3.91. The van der Waals surface area contributed by atoms with Gasteiger partial charge in [0, 0.05) is 5.54 Å². The number of rotatable bonds is 3. The molecule has 0 radical (unpaired) electrons. The molecule has 154 valence electrons. The van der Waals surface area contributed by atoms with Crippen molar-refractivity contribution in [2.75, 3.05) is 0 Å². The summed E-state index contributed by atoms with van der Waals surface area (Å²) in [5, 5.41) is 0. The second kappa shape index (κ2) is 15.1. The minimum absolute atomic E-state index is 0. The van der Waals surface area contributed by atoms with Gasteiger partial charge in [0.05, 0.1) is 0 Å². The minimum Gasteiger partial charge on any atom is -0.418 e. The molecule has 0 saturated carbocycles. The molecule has 0 aromatic rings. The normalized spacial score (nSPS) is 11.5. The molecule has 0 heterocycles. The molecule has 0 fully saturated rings. The number of nitrogens with two attached hydrogens (primary N) is 1. The van der Waals surface area contributed by atoms with Gasteiger partial charge in [0.2, 0.25) is 0 Å². The van der Waals surface area contributed by atoms with Crippen LogP contribution in [0.4, 0.5) is 51.8 Å². The standard InChI is InChI=1S/C7H17N.3BF4.BrH/c1-4-7(8,5-2)6-3;3*2-1(3,4)5;/h4-6,8H2,1-3H3;;;;1H/q;3*-1;. The molecule has 2 N–H and O–H groups in total. The highest BCUT2D eigenvalue weighted by atomic mass is 79.9. The van der Waals surface area contributed by atoms with E-state index in [4.69, 9.17) is 5.73 Å². The largest absolute Gasteiger partial charge is 0.673 e. The van der Waals surface area contributed by atoms with Gasteiger partial charge in [0.25, 0.3) is 0 Å². The number of hydrogen-bond acceptors (Lipinski definition) is 1. The van der Waals surface area contributed by atoms with Crippen LogP contribution in [0.5, 0.6) is 0 Å². The first-order chi connectivity index (χ1) is 9.68. The first-order valence-electron chi connectivity index (χ1n) is 6.09. The average molecular weight is 457 g/mol. The lowest BCUT2D eigenvalue weighted by Gasteiger charge is -2.23. The summed E-state index contributed by atoms with van der Waals surface area (Å²) < 4.78 is 117. The second-order valence-electron chi connectivity index (χ2n) is 3.91. The molecule has 0 aliphatic rings. The van der Waals surface area contributed by atoms with Crippen molar-refractivity contribution < 1.29 is 51.8 Å². The molecule has 17 heteroatoms. The van der Waals surface area contributed by atoms with E-state index in [1.807, 2.05) is 0 Å². The Hall–Kier alpha value is -0.205. The molecule has 0 spiro atoms. The van der Waals surface area contributed by atoms with Crippen LogP contribution >= 0.6 is 17.0 Å². The maximum Gasteiger partial charge on any atom is 0.673 e. The zero-order valence-electron chi connectivity index (χ0n) is 12.9. The Morgan fingerprint density at radius 2 is 0.625 bits per heavy atom. The Bertz CT molecular complexity index is 210. The van der Waals surface area contributed by atoms with Gasteiger partial charge >= 0.3 is 21.8 Å². The number of halogens is 13. The molecule has 0 aromatic heterocycles. The number of hydrogen-bond donors (Lipinski definition) is 1. The van der Waals surface area contributed by atoms with E-state index >= 15 is 0 Å². The lowest BCUT2D eigenvalue weighted by atomic mass is 9.92. The van der Waals surface area contributed by atoms with Gasteiger partial charge in [-0.3, -0.25) is 0 Å². The maximum atomic E-state index is 9.75. The molecular formula is C7H18B3BrF12N-3. The third-order valence-electron chi connectivity index (χ3n) is 2.11. The van der Waals surface area contributed by atoms with Crippen LogP contribution in [0.15, 0.2) is 0 Å². The van der Waals surface area contributed by atoms with Crippen LogP contribution < -0.4 is 5.73 Å². The SMILES string of the molecule is Br.CCC(N)(CC)CC.F[B-](F)(F)F.F[B-](F)(F)F.F[B-](F)(F)F. The van der Waals surface area contributed by atoms with Gasteiger partial charge in [0.15, 0.2) is 0 Å². The van der Waals surface area contributed by atoms with Crippen molar-refractivity contribution in [2.45, 2.75) is 45.6 Å². The third kappa shape index (κ3) is 122. The first kappa shape index (κ1) is 35.0. The van der Waals surface area contributed by atoms with Crippen molar-refractivity contribution in [1.29, 1.82) is 0 Å². The smallest absolute Gasteiger partial charge is 0.418 e. The van der Waals surface area contributed by atoms with E-state index < -0.39 is 21.8 Å². The van der Waals surface area contributed by atoms with Gasteiger partial charge in [0.1, 0.15) is 0 Å². The molecule has 1 nitrogen and oxygen atoms in total. The van der Waals surface area contributed by atoms with E-state index in [-0.39, 0.29) is 22.5 Å². The first-order valence-corrected chi connectivity index (χ1v) is 6.09. The molecule has 0 saturated heterocycles. The average Bonchev–Trinajstić information content (AvgIpc) is 2.21. The van der Waals surface area contributed by atoms with Crippen LogP contribution in [0.2, 0.25) is 0 Å². The van der Waals surface area contributed by atoms with Crippen molar-refractivity contribution >= 4 is 38.7 Å². The topological polar surface area (TPSA) is 26.0 Å². The van der Waals surface area contributed by atoms with Crippen LogP contribution in [0.1, 0.15) is 40.0 Å². The fourth-order valence-corrected chi connectivity index (χ4v) is 0.750. The zero-order valence-corrected chi connectivity index (χ0v) is 14.6. The maximum absolute atomic E-state index is 9.75. The van der Waals surface area contributed by atoms with E-state index in [2.05, 4.69) is 20.8 Å². The van der Waals surface area contributed by atoms with Gasteiger partial charge in [-0.05, 0) is 19.3 Å². The summed E-state index contributed by atoms with van der Waals surface area (Å²) in [6.07, 6.45) is 3.29. The summed E-state index contributed by atoms with van der Waals surface area (Å²) >= 11 is 0. The minimum atomic E-state index is -6.00. The van der Waals surface area contributed by atoms with Gasteiger partial charge in [-0.2, -0.15) is 0 Å². The highest BCUT2D eigenvalue weighted by Gasteiger charge is 2.21. The van der Waals surface area contributed by atoms with E-state index in [1.54, 1.807) is 0 Å². The van der Waals surface area contributed by atoms with E-state index in [0.717, 1.165) is 19.3 Å². The van der Waals surface area contributed by atoms with Gasteiger partial charge < -0.3 is 57.5 Å². The van der Waals surface area contributed by atoms with Crippen molar-refractivity contribution in [3.05, 3.63) is 0 Å². The van der Waals surface area contributed by atoms with Gasteiger partial charge in [-0.25, -0.2) is 0 Å². The lowest BCUT2D eigenvalue weighted by molar-refractivity contribution is 0.366. The van der Waals surface area contributed by atoms with Crippen molar-refractivity contribution in [1.82, 2.24) is 0 Å². The van der Waals surface area contributed by atoms with Crippen LogP contribution in [-0.4, -0.2) is 27.3 Å². The zero-order chi connectivity index (χ0) is 20.1. The summed E-state index contributed by atoms with van der Waals surface area (Å²) in [4.78, 5) is 0. The molecular weight excluding hydrogens is 438 g/mol. The van der Waals surface area contributed by atoms with Gasteiger partial charge in [-0.1, -0.05) is 20.8 Å². The summed E-state index contributed by atoms with van der Waals surface area (Å²) in [5.74, 6) is 0.